The van der Waals surface area contributed by atoms with Crippen LogP contribution in [0.4, 0.5) is 4.79 Å². The lowest BCUT2D eigenvalue weighted by atomic mass is 9.92. The van der Waals surface area contributed by atoms with Crippen molar-refractivity contribution in [2.75, 3.05) is 26.2 Å². The summed E-state index contributed by atoms with van der Waals surface area (Å²) in [5, 5.41) is 10.9. The lowest BCUT2D eigenvalue weighted by Gasteiger charge is -2.48. The highest BCUT2D eigenvalue weighted by atomic mass is 16.6. The van der Waals surface area contributed by atoms with E-state index in [0.29, 0.717) is 26.1 Å². The van der Waals surface area contributed by atoms with Gasteiger partial charge in [0.05, 0.1) is 18.9 Å². The number of benzene rings is 1. The molecule has 28 heavy (non-hydrogen) atoms. The van der Waals surface area contributed by atoms with Gasteiger partial charge in [0.15, 0.2) is 6.10 Å². The van der Waals surface area contributed by atoms with Gasteiger partial charge in [-0.15, -0.1) is 0 Å². The molecule has 1 fully saturated rings. The Bertz CT molecular complexity index is 787. The van der Waals surface area contributed by atoms with Crippen molar-refractivity contribution in [3.05, 3.63) is 29.3 Å². The molecule has 0 saturated carbocycles. The summed E-state index contributed by atoms with van der Waals surface area (Å²) in [7, 11) is 0. The number of fused-ring (bicyclic) bond motifs is 1. The first-order chi connectivity index (χ1) is 13.2. The molecule has 152 valence electrons. The second-order valence-corrected chi connectivity index (χ2v) is 9.33. The summed E-state index contributed by atoms with van der Waals surface area (Å²) >= 11 is 0. The van der Waals surface area contributed by atoms with E-state index in [9.17, 15) is 4.79 Å². The summed E-state index contributed by atoms with van der Waals surface area (Å²) in [6.07, 6.45) is 1.50. The van der Waals surface area contributed by atoms with Crippen molar-refractivity contribution in [3.63, 3.8) is 0 Å². The highest BCUT2D eigenvalue weighted by Crippen LogP contribution is 2.28. The van der Waals surface area contributed by atoms with E-state index in [-0.39, 0.29) is 23.2 Å². The largest absolute Gasteiger partial charge is 0.493 e. The standard InChI is InChI=1S/C21H30N4O3/c1-20(2)12-25(13-21(3,4)24-20)19(26)22-11-16-10-17(23-28-16)14-5-6-18-15(9-14)7-8-27-18/h5-6,9,16,24H,7-8,10-13H2,1-4H3,(H,22,26). The second kappa shape index (κ2) is 6.95. The first-order valence-electron chi connectivity index (χ1n) is 10.0. The van der Waals surface area contributed by atoms with Crippen LogP contribution in [0.3, 0.4) is 0 Å². The summed E-state index contributed by atoms with van der Waals surface area (Å²) in [5.74, 6) is 0.967. The molecule has 3 heterocycles. The Labute approximate surface area is 166 Å². The van der Waals surface area contributed by atoms with Crippen LogP contribution in [0.5, 0.6) is 5.75 Å². The highest BCUT2D eigenvalue weighted by Gasteiger charge is 2.38. The third kappa shape index (κ3) is 4.09. The van der Waals surface area contributed by atoms with Crippen LogP contribution in [0.2, 0.25) is 0 Å². The van der Waals surface area contributed by atoms with Gasteiger partial charge in [-0.25, -0.2) is 4.79 Å². The predicted octanol–water partition coefficient (Wildman–Crippen LogP) is 2.29. The fraction of sp³-hybridized carbons (Fsp3) is 0.619. The monoisotopic (exact) mass is 386 g/mol. The van der Waals surface area contributed by atoms with Crippen molar-refractivity contribution < 1.29 is 14.4 Å². The van der Waals surface area contributed by atoms with Gasteiger partial charge in [0.25, 0.3) is 0 Å². The molecule has 0 aliphatic carbocycles. The average molecular weight is 386 g/mol. The zero-order valence-corrected chi connectivity index (χ0v) is 17.2. The normalized spacial score (nSPS) is 24.8. The van der Waals surface area contributed by atoms with Crippen LogP contribution in [0.15, 0.2) is 23.4 Å². The number of amides is 2. The maximum Gasteiger partial charge on any atom is 0.317 e. The van der Waals surface area contributed by atoms with Crippen molar-refractivity contribution in [2.24, 2.45) is 5.16 Å². The minimum absolute atomic E-state index is 0.0469. The van der Waals surface area contributed by atoms with E-state index >= 15 is 0 Å². The molecule has 0 radical (unpaired) electrons. The molecule has 2 amide bonds. The molecule has 7 nitrogen and oxygen atoms in total. The van der Waals surface area contributed by atoms with Gasteiger partial charge in [-0.2, -0.15) is 0 Å². The predicted molar refractivity (Wildman–Crippen MR) is 108 cm³/mol. The molecule has 2 N–H and O–H groups in total. The van der Waals surface area contributed by atoms with E-state index < -0.39 is 0 Å². The van der Waals surface area contributed by atoms with Crippen molar-refractivity contribution in [1.29, 1.82) is 0 Å². The summed E-state index contributed by atoms with van der Waals surface area (Å²) in [6, 6.07) is 6.12. The molecule has 1 saturated heterocycles. The molecule has 0 aromatic heterocycles. The Morgan fingerprint density at radius 3 is 2.79 bits per heavy atom. The van der Waals surface area contributed by atoms with Gasteiger partial charge in [0.1, 0.15) is 5.75 Å². The molecule has 1 atom stereocenters. The number of hydrogen-bond donors (Lipinski definition) is 2. The zero-order chi connectivity index (χ0) is 19.9. The summed E-state index contributed by atoms with van der Waals surface area (Å²) in [6.45, 7) is 11.0. The quantitative estimate of drug-likeness (QED) is 0.836. The van der Waals surface area contributed by atoms with Crippen LogP contribution in [0.1, 0.15) is 45.2 Å². The average Bonchev–Trinajstić information content (AvgIpc) is 3.25. The van der Waals surface area contributed by atoms with Gasteiger partial charge in [-0.1, -0.05) is 5.16 Å². The van der Waals surface area contributed by atoms with Gasteiger partial charge in [0.2, 0.25) is 0 Å². The van der Waals surface area contributed by atoms with E-state index in [2.05, 4.69) is 49.6 Å². The SMILES string of the molecule is CC1(C)CN(C(=O)NCC2CC(c3ccc4c(c3)CCO4)=NO2)CC(C)(C)N1. The molecule has 1 aromatic rings. The number of nitrogens with zero attached hydrogens (tertiary/aromatic N) is 2. The molecule has 3 aliphatic rings. The number of nitrogens with one attached hydrogen (secondary N) is 2. The topological polar surface area (TPSA) is 75.2 Å². The van der Waals surface area contributed by atoms with E-state index in [4.69, 9.17) is 9.57 Å². The van der Waals surface area contributed by atoms with E-state index in [1.807, 2.05) is 17.0 Å². The lowest BCUT2D eigenvalue weighted by molar-refractivity contribution is 0.0760. The van der Waals surface area contributed by atoms with Crippen molar-refractivity contribution in [2.45, 2.75) is 57.7 Å². The van der Waals surface area contributed by atoms with Crippen LogP contribution in [0.25, 0.3) is 0 Å². The van der Waals surface area contributed by atoms with Crippen LogP contribution in [0, 0.1) is 0 Å². The molecular formula is C21H30N4O3. The van der Waals surface area contributed by atoms with Crippen LogP contribution >= 0.6 is 0 Å². The van der Waals surface area contributed by atoms with Gasteiger partial charge in [-0.3, -0.25) is 0 Å². The number of urea groups is 1. The van der Waals surface area contributed by atoms with Gasteiger partial charge >= 0.3 is 6.03 Å². The maximum absolute atomic E-state index is 12.7. The van der Waals surface area contributed by atoms with Crippen LogP contribution < -0.4 is 15.4 Å². The molecule has 3 aliphatic heterocycles. The first kappa shape index (κ1) is 19.1. The van der Waals surface area contributed by atoms with Crippen LogP contribution in [-0.2, 0) is 11.3 Å². The Morgan fingerprint density at radius 2 is 2.04 bits per heavy atom. The summed E-state index contributed by atoms with van der Waals surface area (Å²) in [5.41, 5.74) is 3.00. The minimum Gasteiger partial charge on any atom is -0.493 e. The number of piperazine rings is 1. The Kier molecular flexibility index (Phi) is 4.73. The van der Waals surface area contributed by atoms with E-state index in [1.54, 1.807) is 0 Å². The third-order valence-electron chi connectivity index (χ3n) is 5.37. The van der Waals surface area contributed by atoms with Crippen molar-refractivity contribution >= 4 is 11.7 Å². The number of hydrogen-bond acceptors (Lipinski definition) is 5. The minimum atomic E-state index is -0.132. The Hall–Kier alpha value is -2.28. The molecule has 1 unspecified atom stereocenters. The summed E-state index contributed by atoms with van der Waals surface area (Å²) < 4.78 is 5.56. The lowest BCUT2D eigenvalue weighted by Crippen LogP contribution is -2.68. The molecule has 4 rings (SSSR count). The third-order valence-corrected chi connectivity index (χ3v) is 5.37. The molecule has 1 aromatic carbocycles. The number of ether oxygens (including phenoxy) is 1. The molecule has 7 heteroatoms. The smallest absolute Gasteiger partial charge is 0.317 e. The first-order valence-corrected chi connectivity index (χ1v) is 10.0. The van der Waals surface area contributed by atoms with E-state index in [1.165, 1.54) is 5.56 Å². The van der Waals surface area contributed by atoms with E-state index in [0.717, 1.165) is 30.1 Å². The summed E-state index contributed by atoms with van der Waals surface area (Å²) in [4.78, 5) is 20.1. The Balaban J connectivity index is 1.30. The maximum atomic E-state index is 12.7. The van der Waals surface area contributed by atoms with Gasteiger partial charge in [-0.05, 0) is 57.0 Å². The molecule has 0 spiro atoms. The van der Waals surface area contributed by atoms with Crippen molar-refractivity contribution in [1.82, 2.24) is 15.5 Å². The fourth-order valence-electron chi connectivity index (χ4n) is 4.54. The van der Waals surface area contributed by atoms with Crippen LogP contribution in [-0.4, -0.2) is 60.1 Å². The number of oxime groups is 1. The fourth-order valence-corrected chi connectivity index (χ4v) is 4.54. The number of rotatable bonds is 3. The highest BCUT2D eigenvalue weighted by molar-refractivity contribution is 6.01. The van der Waals surface area contributed by atoms with Gasteiger partial charge < -0.3 is 25.1 Å². The second-order valence-electron chi connectivity index (χ2n) is 9.33. The van der Waals surface area contributed by atoms with Gasteiger partial charge in [0, 0.05) is 37.0 Å². The number of carbonyl (C=O) groups is 1. The molecular weight excluding hydrogens is 356 g/mol. The van der Waals surface area contributed by atoms with Crippen molar-refractivity contribution in [3.8, 4) is 5.75 Å². The zero-order valence-electron chi connectivity index (χ0n) is 17.2. The molecule has 0 bridgehead atoms. The number of carbonyl (C=O) groups excluding carboxylic acids is 1. The Morgan fingerprint density at radius 1 is 1.29 bits per heavy atom.